The molecule has 0 unspecified atom stereocenters. The van der Waals surface area contributed by atoms with Crippen molar-refractivity contribution >= 4 is 17.7 Å². The SMILES string of the molecule is C[C@H]1[C@@H](NC(=O)CSc2nccc(=O)[nH]2)CCC[C@@H]1C. The summed E-state index contributed by atoms with van der Waals surface area (Å²) in [6.07, 6.45) is 4.93. The zero-order valence-electron chi connectivity index (χ0n) is 11.9. The van der Waals surface area contributed by atoms with E-state index in [9.17, 15) is 9.59 Å². The lowest BCUT2D eigenvalue weighted by Gasteiger charge is -2.34. The quantitative estimate of drug-likeness (QED) is 0.656. The van der Waals surface area contributed by atoms with Crippen LogP contribution in [-0.2, 0) is 4.79 Å². The van der Waals surface area contributed by atoms with E-state index in [1.165, 1.54) is 36.9 Å². The highest BCUT2D eigenvalue weighted by atomic mass is 32.2. The molecule has 0 radical (unpaired) electrons. The van der Waals surface area contributed by atoms with E-state index < -0.39 is 0 Å². The topological polar surface area (TPSA) is 74.8 Å². The van der Waals surface area contributed by atoms with Crippen molar-refractivity contribution in [2.24, 2.45) is 11.8 Å². The second-order valence-corrected chi connectivity index (χ2v) is 6.43. The minimum absolute atomic E-state index is 0.00690. The molecule has 1 aromatic heterocycles. The molecule has 0 saturated heterocycles. The molecule has 2 N–H and O–H groups in total. The van der Waals surface area contributed by atoms with Crippen LogP contribution in [-0.4, -0.2) is 27.7 Å². The van der Waals surface area contributed by atoms with Gasteiger partial charge in [-0.15, -0.1) is 0 Å². The molecule has 1 aliphatic carbocycles. The van der Waals surface area contributed by atoms with Gasteiger partial charge in [0.2, 0.25) is 5.91 Å². The molecule has 0 aliphatic heterocycles. The van der Waals surface area contributed by atoms with Crippen LogP contribution >= 0.6 is 11.8 Å². The average molecular weight is 295 g/mol. The second-order valence-electron chi connectivity index (χ2n) is 5.47. The molecule has 1 amide bonds. The summed E-state index contributed by atoms with van der Waals surface area (Å²) in [5.41, 5.74) is -0.197. The molecule has 1 heterocycles. The van der Waals surface area contributed by atoms with Crippen LogP contribution in [0.2, 0.25) is 0 Å². The van der Waals surface area contributed by atoms with E-state index in [4.69, 9.17) is 0 Å². The smallest absolute Gasteiger partial charge is 0.251 e. The van der Waals surface area contributed by atoms with Crippen LogP contribution in [0.3, 0.4) is 0 Å². The van der Waals surface area contributed by atoms with Gasteiger partial charge in [0.25, 0.3) is 5.56 Å². The van der Waals surface area contributed by atoms with Gasteiger partial charge in [0.1, 0.15) is 0 Å². The number of nitrogens with one attached hydrogen (secondary N) is 2. The van der Waals surface area contributed by atoms with E-state index >= 15 is 0 Å². The van der Waals surface area contributed by atoms with Crippen molar-refractivity contribution in [2.75, 3.05) is 5.75 Å². The third-order valence-corrected chi connectivity index (χ3v) is 4.93. The number of hydrogen-bond donors (Lipinski definition) is 2. The molecule has 5 nitrogen and oxygen atoms in total. The molecular formula is C14H21N3O2S. The third kappa shape index (κ3) is 4.10. The van der Waals surface area contributed by atoms with Gasteiger partial charge in [-0.25, -0.2) is 4.98 Å². The van der Waals surface area contributed by atoms with E-state index in [0.29, 0.717) is 17.0 Å². The molecule has 3 atom stereocenters. The monoisotopic (exact) mass is 295 g/mol. The highest BCUT2D eigenvalue weighted by molar-refractivity contribution is 7.99. The first-order chi connectivity index (χ1) is 9.56. The van der Waals surface area contributed by atoms with E-state index in [2.05, 4.69) is 29.1 Å². The Hall–Kier alpha value is -1.30. The van der Waals surface area contributed by atoms with Gasteiger partial charge in [-0.05, 0) is 18.3 Å². The van der Waals surface area contributed by atoms with Crippen LogP contribution in [0.15, 0.2) is 22.2 Å². The molecule has 20 heavy (non-hydrogen) atoms. The normalized spacial score (nSPS) is 26.2. The maximum Gasteiger partial charge on any atom is 0.251 e. The second kappa shape index (κ2) is 6.92. The fourth-order valence-electron chi connectivity index (χ4n) is 2.59. The maximum absolute atomic E-state index is 12.0. The standard InChI is InChI=1S/C14H21N3O2S/c1-9-4-3-5-11(10(9)2)16-13(19)8-20-14-15-7-6-12(18)17-14/h6-7,9-11H,3-5,8H2,1-2H3,(H,16,19)(H,15,17,18)/t9-,10+,11-/m0/s1. The summed E-state index contributed by atoms with van der Waals surface area (Å²) in [6, 6.07) is 1.63. The van der Waals surface area contributed by atoms with Crippen LogP contribution in [0, 0.1) is 11.8 Å². The molecule has 6 heteroatoms. The molecule has 0 aromatic carbocycles. The molecule has 0 spiro atoms. The number of H-pyrrole nitrogens is 1. The third-order valence-electron chi connectivity index (χ3n) is 4.04. The maximum atomic E-state index is 12.0. The van der Waals surface area contributed by atoms with E-state index in [0.717, 1.165) is 6.42 Å². The Kier molecular flexibility index (Phi) is 5.23. The number of aromatic amines is 1. The Bertz CT molecular complexity index is 517. The summed E-state index contributed by atoms with van der Waals surface area (Å²) < 4.78 is 0. The molecule has 2 rings (SSSR count). The highest BCUT2D eigenvalue weighted by Gasteiger charge is 2.27. The predicted octanol–water partition coefficient (Wildman–Crippen LogP) is 1.80. The lowest BCUT2D eigenvalue weighted by molar-refractivity contribution is -0.120. The molecular weight excluding hydrogens is 274 g/mol. The van der Waals surface area contributed by atoms with Crippen molar-refractivity contribution in [3.05, 3.63) is 22.6 Å². The molecule has 1 aromatic rings. The van der Waals surface area contributed by atoms with Crippen molar-refractivity contribution in [2.45, 2.75) is 44.3 Å². The summed E-state index contributed by atoms with van der Waals surface area (Å²) in [5, 5.41) is 3.59. The van der Waals surface area contributed by atoms with Crippen molar-refractivity contribution in [1.82, 2.24) is 15.3 Å². The zero-order chi connectivity index (χ0) is 14.5. The van der Waals surface area contributed by atoms with Gasteiger partial charge in [0.05, 0.1) is 5.75 Å². The first-order valence-corrected chi connectivity index (χ1v) is 8.02. The van der Waals surface area contributed by atoms with Crippen LogP contribution in [0.5, 0.6) is 0 Å². The van der Waals surface area contributed by atoms with E-state index in [-0.39, 0.29) is 23.3 Å². The Morgan fingerprint density at radius 2 is 2.30 bits per heavy atom. The fourth-order valence-corrected chi connectivity index (χ4v) is 3.25. The summed E-state index contributed by atoms with van der Waals surface area (Å²) in [5.74, 6) is 1.47. The molecule has 1 fully saturated rings. The molecule has 1 aliphatic rings. The number of amides is 1. The number of thioether (sulfide) groups is 1. The van der Waals surface area contributed by atoms with Crippen molar-refractivity contribution in [1.29, 1.82) is 0 Å². The Morgan fingerprint density at radius 3 is 3.05 bits per heavy atom. The summed E-state index contributed by atoms with van der Waals surface area (Å²) in [6.45, 7) is 4.45. The van der Waals surface area contributed by atoms with Gasteiger partial charge in [0, 0.05) is 18.3 Å². The van der Waals surface area contributed by atoms with Crippen LogP contribution < -0.4 is 10.9 Å². The summed E-state index contributed by atoms with van der Waals surface area (Å²) in [4.78, 5) is 29.7. The Labute approximate surface area is 123 Å². The van der Waals surface area contributed by atoms with Crippen molar-refractivity contribution in [3.63, 3.8) is 0 Å². The largest absolute Gasteiger partial charge is 0.352 e. The number of hydrogen-bond acceptors (Lipinski definition) is 4. The molecule has 1 saturated carbocycles. The Morgan fingerprint density at radius 1 is 1.50 bits per heavy atom. The fraction of sp³-hybridized carbons (Fsp3) is 0.643. The average Bonchev–Trinajstić information content (AvgIpc) is 2.42. The first-order valence-electron chi connectivity index (χ1n) is 7.03. The molecule has 0 bridgehead atoms. The zero-order valence-corrected chi connectivity index (χ0v) is 12.7. The van der Waals surface area contributed by atoms with Crippen molar-refractivity contribution in [3.8, 4) is 0 Å². The van der Waals surface area contributed by atoms with Gasteiger partial charge < -0.3 is 10.3 Å². The number of carbonyl (C=O) groups is 1. The Balaban J connectivity index is 1.82. The van der Waals surface area contributed by atoms with Crippen LogP contribution in [0.4, 0.5) is 0 Å². The van der Waals surface area contributed by atoms with Crippen LogP contribution in [0.25, 0.3) is 0 Å². The minimum atomic E-state index is -0.197. The summed E-state index contributed by atoms with van der Waals surface area (Å²) >= 11 is 1.25. The first kappa shape index (κ1) is 15.1. The van der Waals surface area contributed by atoms with Gasteiger partial charge >= 0.3 is 0 Å². The lowest BCUT2D eigenvalue weighted by atomic mass is 9.78. The van der Waals surface area contributed by atoms with Gasteiger partial charge in [-0.2, -0.15) is 0 Å². The van der Waals surface area contributed by atoms with E-state index in [1.54, 1.807) is 0 Å². The molecule has 110 valence electrons. The number of carbonyl (C=O) groups excluding carboxylic acids is 1. The van der Waals surface area contributed by atoms with Gasteiger partial charge in [-0.3, -0.25) is 9.59 Å². The van der Waals surface area contributed by atoms with Gasteiger partial charge in [-0.1, -0.05) is 38.5 Å². The van der Waals surface area contributed by atoms with Crippen molar-refractivity contribution < 1.29 is 4.79 Å². The minimum Gasteiger partial charge on any atom is -0.352 e. The number of nitrogens with zero attached hydrogens (tertiary/aromatic N) is 1. The highest BCUT2D eigenvalue weighted by Crippen LogP contribution is 2.29. The van der Waals surface area contributed by atoms with Gasteiger partial charge in [0.15, 0.2) is 5.16 Å². The van der Waals surface area contributed by atoms with Crippen LogP contribution in [0.1, 0.15) is 33.1 Å². The predicted molar refractivity (Wildman–Crippen MR) is 79.7 cm³/mol. The number of aromatic nitrogens is 2. The van der Waals surface area contributed by atoms with E-state index in [1.807, 2.05) is 0 Å². The summed E-state index contributed by atoms with van der Waals surface area (Å²) in [7, 11) is 0. The number of rotatable bonds is 4. The lowest BCUT2D eigenvalue weighted by Crippen LogP contribution is -2.44.